The number of amides is 1. The molecule has 0 aromatic carbocycles. The Labute approximate surface area is 152 Å². The largest absolute Gasteiger partial charge is 0.353 e. The van der Waals surface area contributed by atoms with Crippen molar-refractivity contribution in [2.24, 2.45) is 13.0 Å². The van der Waals surface area contributed by atoms with Gasteiger partial charge in [0.15, 0.2) is 5.82 Å². The molecule has 2 aromatic rings. The van der Waals surface area contributed by atoms with Crippen molar-refractivity contribution in [1.29, 1.82) is 5.26 Å². The third kappa shape index (κ3) is 3.12. The molecular formula is C18H21N7O. The van der Waals surface area contributed by atoms with Gasteiger partial charge in [0.05, 0.1) is 11.8 Å². The first-order valence-corrected chi connectivity index (χ1v) is 8.89. The van der Waals surface area contributed by atoms with Crippen molar-refractivity contribution in [3.8, 4) is 17.5 Å². The zero-order chi connectivity index (χ0) is 18.3. The van der Waals surface area contributed by atoms with Crippen LogP contribution in [0.15, 0.2) is 18.5 Å². The summed E-state index contributed by atoms with van der Waals surface area (Å²) in [5.74, 6) is 1.75. The normalized spacial score (nSPS) is 20.1. The number of carbonyl (C=O) groups excluding carboxylic acids is 1. The molecule has 1 saturated heterocycles. The van der Waals surface area contributed by atoms with Crippen molar-refractivity contribution in [3.05, 3.63) is 24.2 Å². The van der Waals surface area contributed by atoms with Crippen molar-refractivity contribution in [1.82, 2.24) is 24.6 Å². The van der Waals surface area contributed by atoms with Gasteiger partial charge in [0.2, 0.25) is 5.91 Å². The topological polar surface area (TPSA) is 90.9 Å². The van der Waals surface area contributed by atoms with E-state index in [1.807, 2.05) is 18.1 Å². The van der Waals surface area contributed by atoms with Crippen molar-refractivity contribution in [2.75, 3.05) is 24.5 Å². The van der Waals surface area contributed by atoms with Gasteiger partial charge in [-0.2, -0.15) is 10.4 Å². The molecule has 1 aliphatic carbocycles. The number of nitrogens with zero attached hydrogens (tertiary/aromatic N) is 7. The number of piperazine rings is 1. The van der Waals surface area contributed by atoms with Crippen LogP contribution in [0.25, 0.3) is 11.4 Å². The van der Waals surface area contributed by atoms with E-state index in [1.54, 1.807) is 16.9 Å². The summed E-state index contributed by atoms with van der Waals surface area (Å²) in [6.07, 6.45) is 5.57. The van der Waals surface area contributed by atoms with Crippen LogP contribution in [0, 0.1) is 17.2 Å². The molecule has 8 heteroatoms. The number of hydrogen-bond donors (Lipinski definition) is 0. The van der Waals surface area contributed by atoms with Crippen LogP contribution in [-0.2, 0) is 11.8 Å². The lowest BCUT2D eigenvalue weighted by molar-refractivity contribution is -0.134. The van der Waals surface area contributed by atoms with E-state index in [0.717, 1.165) is 24.2 Å². The molecule has 0 bridgehead atoms. The van der Waals surface area contributed by atoms with E-state index in [2.05, 4.69) is 33.0 Å². The number of hydrogen-bond acceptors (Lipinski definition) is 6. The van der Waals surface area contributed by atoms with Gasteiger partial charge in [0.25, 0.3) is 0 Å². The van der Waals surface area contributed by atoms with E-state index in [1.165, 1.54) is 0 Å². The van der Waals surface area contributed by atoms with E-state index in [4.69, 9.17) is 0 Å². The monoisotopic (exact) mass is 351 g/mol. The van der Waals surface area contributed by atoms with E-state index >= 15 is 0 Å². The fourth-order valence-corrected chi connectivity index (χ4v) is 3.38. The standard InChI is InChI=1S/C18H21N7O/c1-12-10-24(5-6-25(12)18(26)13-3-4-13)16-7-15(8-19)21-17(22-16)14-9-20-23(2)11-14/h7,9,11-13H,3-6,10H2,1-2H3/t12-/m1/s1. The van der Waals surface area contributed by atoms with Crippen LogP contribution in [0.2, 0.25) is 0 Å². The molecule has 26 heavy (non-hydrogen) atoms. The van der Waals surface area contributed by atoms with E-state index in [9.17, 15) is 10.1 Å². The first-order chi connectivity index (χ1) is 12.5. The smallest absolute Gasteiger partial charge is 0.226 e. The summed E-state index contributed by atoms with van der Waals surface area (Å²) in [6, 6.07) is 3.95. The molecule has 2 aromatic heterocycles. The van der Waals surface area contributed by atoms with Gasteiger partial charge in [-0.1, -0.05) is 0 Å². The number of rotatable bonds is 3. The van der Waals surface area contributed by atoms with Crippen LogP contribution >= 0.6 is 0 Å². The molecule has 1 atom stereocenters. The Kier molecular flexibility index (Phi) is 4.07. The first kappa shape index (κ1) is 16.5. The highest BCUT2D eigenvalue weighted by Gasteiger charge is 2.37. The molecule has 0 spiro atoms. The maximum absolute atomic E-state index is 12.4. The van der Waals surface area contributed by atoms with Crippen molar-refractivity contribution < 1.29 is 4.79 Å². The molecule has 1 aliphatic heterocycles. The Morgan fingerprint density at radius 2 is 2.12 bits per heavy atom. The minimum Gasteiger partial charge on any atom is -0.353 e. The lowest BCUT2D eigenvalue weighted by atomic mass is 10.1. The highest BCUT2D eigenvalue weighted by molar-refractivity contribution is 5.81. The Bertz CT molecular complexity index is 880. The van der Waals surface area contributed by atoms with Crippen LogP contribution < -0.4 is 4.90 Å². The molecule has 0 unspecified atom stereocenters. The summed E-state index contributed by atoms with van der Waals surface area (Å²) < 4.78 is 1.68. The second kappa shape index (κ2) is 6.41. The van der Waals surface area contributed by atoms with Crippen LogP contribution in [0.4, 0.5) is 5.82 Å². The summed E-state index contributed by atoms with van der Waals surface area (Å²) in [7, 11) is 1.83. The molecular weight excluding hydrogens is 330 g/mol. The molecule has 0 N–H and O–H groups in total. The van der Waals surface area contributed by atoms with Gasteiger partial charge in [-0.15, -0.1) is 0 Å². The number of nitriles is 1. The number of aryl methyl sites for hydroxylation is 1. The molecule has 134 valence electrons. The van der Waals surface area contributed by atoms with Crippen LogP contribution in [-0.4, -0.2) is 56.2 Å². The molecule has 0 radical (unpaired) electrons. The SMILES string of the molecule is C[C@@H]1CN(c2cc(C#N)nc(-c3cnn(C)c3)n2)CCN1C(=O)C1CC1. The van der Waals surface area contributed by atoms with Gasteiger partial charge in [-0.05, 0) is 19.8 Å². The molecule has 1 amide bonds. The summed E-state index contributed by atoms with van der Waals surface area (Å²) >= 11 is 0. The Hall–Kier alpha value is -2.95. The van der Waals surface area contributed by atoms with Gasteiger partial charge in [-0.3, -0.25) is 9.48 Å². The molecule has 3 heterocycles. The van der Waals surface area contributed by atoms with Gasteiger partial charge in [-0.25, -0.2) is 9.97 Å². The zero-order valence-corrected chi connectivity index (χ0v) is 15.0. The second-order valence-corrected chi connectivity index (χ2v) is 7.05. The third-order valence-corrected chi connectivity index (χ3v) is 4.95. The Balaban J connectivity index is 1.58. The molecule has 4 rings (SSSR count). The quantitative estimate of drug-likeness (QED) is 0.825. The van der Waals surface area contributed by atoms with Crippen LogP contribution in [0.5, 0.6) is 0 Å². The Morgan fingerprint density at radius 3 is 2.73 bits per heavy atom. The first-order valence-electron chi connectivity index (χ1n) is 8.89. The molecule has 8 nitrogen and oxygen atoms in total. The van der Waals surface area contributed by atoms with Gasteiger partial charge in [0, 0.05) is 50.9 Å². The van der Waals surface area contributed by atoms with Crippen molar-refractivity contribution in [3.63, 3.8) is 0 Å². The summed E-state index contributed by atoms with van der Waals surface area (Å²) in [5.41, 5.74) is 1.11. The highest BCUT2D eigenvalue weighted by Crippen LogP contribution is 2.32. The predicted octanol–water partition coefficient (Wildman–Crippen LogP) is 1.20. The average molecular weight is 351 g/mol. The van der Waals surface area contributed by atoms with E-state index < -0.39 is 0 Å². The second-order valence-electron chi connectivity index (χ2n) is 7.05. The molecule has 1 saturated carbocycles. The fraction of sp³-hybridized carbons (Fsp3) is 0.500. The molecule has 2 fully saturated rings. The fourth-order valence-electron chi connectivity index (χ4n) is 3.38. The lowest BCUT2D eigenvalue weighted by Gasteiger charge is -2.40. The maximum Gasteiger partial charge on any atom is 0.226 e. The third-order valence-electron chi connectivity index (χ3n) is 4.95. The predicted molar refractivity (Wildman–Crippen MR) is 95.1 cm³/mol. The summed E-state index contributed by atoms with van der Waals surface area (Å²) in [6.45, 7) is 4.16. The summed E-state index contributed by atoms with van der Waals surface area (Å²) in [5, 5.41) is 13.5. The number of anilines is 1. The molecule has 2 aliphatic rings. The van der Waals surface area contributed by atoms with Crippen molar-refractivity contribution >= 4 is 11.7 Å². The Morgan fingerprint density at radius 1 is 1.31 bits per heavy atom. The van der Waals surface area contributed by atoms with E-state index in [-0.39, 0.29) is 17.9 Å². The average Bonchev–Trinajstić information content (AvgIpc) is 3.41. The van der Waals surface area contributed by atoms with Gasteiger partial charge in [0.1, 0.15) is 17.6 Å². The van der Waals surface area contributed by atoms with Gasteiger partial charge < -0.3 is 9.80 Å². The maximum atomic E-state index is 12.4. The lowest BCUT2D eigenvalue weighted by Crippen LogP contribution is -2.54. The van der Waals surface area contributed by atoms with Crippen molar-refractivity contribution in [2.45, 2.75) is 25.8 Å². The van der Waals surface area contributed by atoms with Crippen LogP contribution in [0.3, 0.4) is 0 Å². The van der Waals surface area contributed by atoms with E-state index in [0.29, 0.717) is 31.2 Å². The number of carbonyl (C=O) groups is 1. The summed E-state index contributed by atoms with van der Waals surface area (Å²) in [4.78, 5) is 25.5. The van der Waals surface area contributed by atoms with Gasteiger partial charge >= 0.3 is 0 Å². The van der Waals surface area contributed by atoms with Crippen LogP contribution in [0.1, 0.15) is 25.5 Å². The number of aromatic nitrogens is 4. The zero-order valence-electron chi connectivity index (χ0n) is 15.0. The minimum atomic E-state index is 0.124. The minimum absolute atomic E-state index is 0.124. The highest BCUT2D eigenvalue weighted by atomic mass is 16.2.